The van der Waals surface area contributed by atoms with E-state index >= 15 is 0 Å². The van der Waals surface area contributed by atoms with Crippen molar-refractivity contribution in [3.63, 3.8) is 0 Å². The lowest BCUT2D eigenvalue weighted by Crippen LogP contribution is -2.35. The number of hydrogen-bond donors (Lipinski definition) is 1. The fraction of sp³-hybridized carbons (Fsp3) is 0.588. The van der Waals surface area contributed by atoms with Gasteiger partial charge in [-0.3, -0.25) is 4.79 Å². The van der Waals surface area contributed by atoms with E-state index in [-0.39, 0.29) is 17.9 Å². The number of rotatable bonds is 10. The van der Waals surface area contributed by atoms with Gasteiger partial charge in [0.15, 0.2) is 5.78 Å². The molecule has 0 heterocycles. The molecule has 21 heavy (non-hydrogen) atoms. The topological polar surface area (TPSA) is 47.6 Å². The second-order valence-corrected chi connectivity index (χ2v) is 5.28. The van der Waals surface area contributed by atoms with Gasteiger partial charge < -0.3 is 14.8 Å². The molecule has 0 aliphatic rings. The van der Waals surface area contributed by atoms with E-state index in [1.54, 1.807) is 0 Å². The van der Waals surface area contributed by atoms with E-state index in [0.717, 1.165) is 31.9 Å². The van der Waals surface area contributed by atoms with Crippen LogP contribution in [0.2, 0.25) is 0 Å². The molecule has 1 unspecified atom stereocenters. The van der Waals surface area contributed by atoms with E-state index < -0.39 is 0 Å². The summed E-state index contributed by atoms with van der Waals surface area (Å²) in [7, 11) is 0. The Morgan fingerprint density at radius 1 is 1.19 bits per heavy atom. The third-order valence-electron chi connectivity index (χ3n) is 3.02. The third-order valence-corrected chi connectivity index (χ3v) is 3.02. The first-order valence-corrected chi connectivity index (χ1v) is 7.66. The molecule has 1 aromatic carbocycles. The molecular formula is C17H27NO3. The van der Waals surface area contributed by atoms with Gasteiger partial charge in [-0.25, -0.2) is 0 Å². The van der Waals surface area contributed by atoms with Crippen LogP contribution in [-0.2, 0) is 4.74 Å². The number of benzene rings is 1. The molecule has 0 bridgehead atoms. The molecule has 1 N–H and O–H groups in total. The van der Waals surface area contributed by atoms with Crippen molar-refractivity contribution in [3.8, 4) is 5.75 Å². The molecule has 4 nitrogen and oxygen atoms in total. The quantitative estimate of drug-likeness (QED) is 0.532. The predicted molar refractivity (Wildman–Crippen MR) is 85.1 cm³/mol. The van der Waals surface area contributed by atoms with Crippen LogP contribution in [0.1, 0.15) is 44.5 Å². The Balaban J connectivity index is 2.42. The van der Waals surface area contributed by atoms with Crippen molar-refractivity contribution in [2.45, 2.75) is 46.3 Å². The summed E-state index contributed by atoms with van der Waals surface area (Å²) in [5, 5.41) is 3.23. The van der Waals surface area contributed by atoms with E-state index in [9.17, 15) is 4.79 Å². The standard InChI is InChI=1S/C17H27NO3/c1-5-20-12-6-11-18-14(4)17(19)15-7-9-16(10-8-15)21-13(2)3/h7-10,13-14,18H,5-6,11-12H2,1-4H3. The van der Waals surface area contributed by atoms with Gasteiger partial charge in [-0.05, 0) is 64.9 Å². The molecule has 118 valence electrons. The number of ether oxygens (including phenoxy) is 2. The van der Waals surface area contributed by atoms with Crippen molar-refractivity contribution in [2.75, 3.05) is 19.8 Å². The molecule has 0 aliphatic carbocycles. The fourth-order valence-corrected chi connectivity index (χ4v) is 1.95. The Kier molecular flexibility index (Phi) is 8.01. The summed E-state index contributed by atoms with van der Waals surface area (Å²) >= 11 is 0. The Bertz CT molecular complexity index is 415. The van der Waals surface area contributed by atoms with E-state index in [0.29, 0.717) is 5.56 Å². The summed E-state index contributed by atoms with van der Waals surface area (Å²) in [5.74, 6) is 0.890. The van der Waals surface area contributed by atoms with Crippen LogP contribution in [0.5, 0.6) is 5.75 Å². The zero-order chi connectivity index (χ0) is 15.7. The molecule has 0 aromatic heterocycles. The first kappa shape index (κ1) is 17.7. The molecule has 1 atom stereocenters. The lowest BCUT2D eigenvalue weighted by molar-refractivity contribution is 0.0946. The summed E-state index contributed by atoms with van der Waals surface area (Å²) in [6, 6.07) is 7.13. The average molecular weight is 293 g/mol. The molecule has 1 rings (SSSR count). The molecule has 0 radical (unpaired) electrons. The highest BCUT2D eigenvalue weighted by Crippen LogP contribution is 2.15. The highest BCUT2D eigenvalue weighted by atomic mass is 16.5. The number of hydrogen-bond acceptors (Lipinski definition) is 4. The van der Waals surface area contributed by atoms with Crippen LogP contribution >= 0.6 is 0 Å². The average Bonchev–Trinajstić information content (AvgIpc) is 2.46. The van der Waals surface area contributed by atoms with Gasteiger partial charge in [0.2, 0.25) is 0 Å². The Labute approximate surface area is 127 Å². The monoisotopic (exact) mass is 293 g/mol. The van der Waals surface area contributed by atoms with Crippen LogP contribution in [0.15, 0.2) is 24.3 Å². The summed E-state index contributed by atoms with van der Waals surface area (Å²) in [4.78, 5) is 12.3. The highest BCUT2D eigenvalue weighted by molar-refractivity contribution is 5.99. The van der Waals surface area contributed by atoms with Crippen LogP contribution in [-0.4, -0.2) is 37.7 Å². The number of carbonyl (C=O) groups is 1. The maximum atomic E-state index is 12.3. The Hall–Kier alpha value is -1.39. The van der Waals surface area contributed by atoms with Crippen molar-refractivity contribution in [3.05, 3.63) is 29.8 Å². The maximum absolute atomic E-state index is 12.3. The van der Waals surface area contributed by atoms with Gasteiger partial charge >= 0.3 is 0 Å². The zero-order valence-electron chi connectivity index (χ0n) is 13.5. The SMILES string of the molecule is CCOCCCNC(C)C(=O)c1ccc(OC(C)C)cc1. The second kappa shape index (κ2) is 9.53. The van der Waals surface area contributed by atoms with E-state index in [2.05, 4.69) is 5.32 Å². The largest absolute Gasteiger partial charge is 0.491 e. The van der Waals surface area contributed by atoms with Gasteiger partial charge in [0, 0.05) is 18.8 Å². The lowest BCUT2D eigenvalue weighted by Gasteiger charge is -2.14. The van der Waals surface area contributed by atoms with Crippen LogP contribution in [0.4, 0.5) is 0 Å². The molecule has 0 amide bonds. The number of ketones is 1. The van der Waals surface area contributed by atoms with Gasteiger partial charge in [-0.1, -0.05) is 0 Å². The van der Waals surface area contributed by atoms with E-state index in [1.165, 1.54) is 0 Å². The Morgan fingerprint density at radius 2 is 1.86 bits per heavy atom. The van der Waals surface area contributed by atoms with Gasteiger partial charge in [-0.2, -0.15) is 0 Å². The number of nitrogens with one attached hydrogen (secondary N) is 1. The van der Waals surface area contributed by atoms with E-state index in [1.807, 2.05) is 52.0 Å². The van der Waals surface area contributed by atoms with Crippen molar-refractivity contribution in [1.82, 2.24) is 5.32 Å². The van der Waals surface area contributed by atoms with Gasteiger partial charge in [0.25, 0.3) is 0 Å². The summed E-state index contributed by atoms with van der Waals surface area (Å²) in [6.07, 6.45) is 1.05. The maximum Gasteiger partial charge on any atom is 0.179 e. The molecule has 0 spiro atoms. The van der Waals surface area contributed by atoms with Crippen LogP contribution in [0, 0.1) is 0 Å². The Morgan fingerprint density at radius 3 is 2.43 bits per heavy atom. The van der Waals surface area contributed by atoms with E-state index in [4.69, 9.17) is 9.47 Å². The number of carbonyl (C=O) groups excluding carboxylic acids is 1. The third kappa shape index (κ3) is 6.74. The van der Waals surface area contributed by atoms with Crippen LogP contribution in [0.25, 0.3) is 0 Å². The summed E-state index contributed by atoms with van der Waals surface area (Å²) < 4.78 is 10.8. The number of Topliss-reactive ketones (excluding diaryl/α,β-unsaturated/α-hetero) is 1. The predicted octanol–water partition coefficient (Wildman–Crippen LogP) is 3.06. The molecule has 0 fully saturated rings. The highest BCUT2D eigenvalue weighted by Gasteiger charge is 2.14. The van der Waals surface area contributed by atoms with Crippen LogP contribution < -0.4 is 10.1 Å². The molecular weight excluding hydrogens is 266 g/mol. The van der Waals surface area contributed by atoms with Gasteiger partial charge in [-0.15, -0.1) is 0 Å². The summed E-state index contributed by atoms with van der Waals surface area (Å²) in [6.45, 7) is 10.1. The van der Waals surface area contributed by atoms with Crippen molar-refractivity contribution in [2.24, 2.45) is 0 Å². The molecule has 0 saturated carbocycles. The molecule has 4 heteroatoms. The smallest absolute Gasteiger partial charge is 0.179 e. The van der Waals surface area contributed by atoms with Crippen molar-refractivity contribution >= 4 is 5.78 Å². The summed E-state index contributed by atoms with van der Waals surface area (Å²) in [5.41, 5.74) is 0.705. The zero-order valence-corrected chi connectivity index (χ0v) is 13.5. The lowest BCUT2D eigenvalue weighted by atomic mass is 10.1. The fourth-order valence-electron chi connectivity index (χ4n) is 1.95. The van der Waals surface area contributed by atoms with Crippen molar-refractivity contribution < 1.29 is 14.3 Å². The second-order valence-electron chi connectivity index (χ2n) is 5.28. The normalized spacial score (nSPS) is 12.4. The first-order chi connectivity index (χ1) is 10.0. The minimum absolute atomic E-state index is 0.0995. The minimum atomic E-state index is -0.191. The molecule has 0 aliphatic heterocycles. The molecule has 0 saturated heterocycles. The minimum Gasteiger partial charge on any atom is -0.491 e. The van der Waals surface area contributed by atoms with Crippen LogP contribution in [0.3, 0.4) is 0 Å². The van der Waals surface area contributed by atoms with Gasteiger partial charge in [0.05, 0.1) is 12.1 Å². The molecule has 1 aromatic rings. The first-order valence-electron chi connectivity index (χ1n) is 7.66. The van der Waals surface area contributed by atoms with Crippen molar-refractivity contribution in [1.29, 1.82) is 0 Å². The van der Waals surface area contributed by atoms with Gasteiger partial charge in [0.1, 0.15) is 5.75 Å².